The number of anilines is 1. The van der Waals surface area contributed by atoms with Gasteiger partial charge in [-0.1, -0.05) is 43.3 Å². The van der Waals surface area contributed by atoms with Crippen LogP contribution in [-0.2, 0) is 27.8 Å². The molecule has 4 rings (SSSR count). The number of nitrogens with two attached hydrogens (primary N) is 1. The molecular formula is C21H24N4O3S2. The smallest absolute Gasteiger partial charge is 0.238 e. The molecule has 0 radical (unpaired) electrons. The SMILES string of the molecule is CCCCn1c(SCC(=O)N2CCc3ccccc32)nc2cc(S(N)(=O)=O)ccc21. The van der Waals surface area contributed by atoms with Crippen LogP contribution in [0.5, 0.6) is 0 Å². The van der Waals surface area contributed by atoms with Crippen LogP contribution in [0.4, 0.5) is 5.69 Å². The summed E-state index contributed by atoms with van der Waals surface area (Å²) in [5, 5.41) is 5.98. The molecule has 1 aliphatic rings. The molecule has 0 saturated heterocycles. The molecule has 30 heavy (non-hydrogen) atoms. The molecule has 2 aromatic carbocycles. The molecule has 0 atom stereocenters. The largest absolute Gasteiger partial charge is 0.319 e. The van der Waals surface area contributed by atoms with Crippen molar-refractivity contribution in [2.75, 3.05) is 17.2 Å². The van der Waals surface area contributed by atoms with E-state index in [2.05, 4.69) is 22.5 Å². The maximum Gasteiger partial charge on any atom is 0.238 e. The van der Waals surface area contributed by atoms with Gasteiger partial charge < -0.3 is 9.47 Å². The van der Waals surface area contributed by atoms with Crippen LogP contribution < -0.4 is 10.0 Å². The highest BCUT2D eigenvalue weighted by Gasteiger charge is 2.25. The average Bonchev–Trinajstić information content (AvgIpc) is 3.30. The second-order valence-electron chi connectivity index (χ2n) is 7.31. The van der Waals surface area contributed by atoms with Crippen LogP contribution in [0.1, 0.15) is 25.3 Å². The number of unbranched alkanes of at least 4 members (excludes halogenated alkanes) is 1. The lowest BCUT2D eigenvalue weighted by Crippen LogP contribution is -2.30. The molecule has 7 nitrogen and oxygen atoms in total. The maximum atomic E-state index is 12.9. The zero-order valence-corrected chi connectivity index (χ0v) is 18.4. The number of hydrogen-bond donors (Lipinski definition) is 1. The maximum absolute atomic E-state index is 12.9. The molecule has 2 N–H and O–H groups in total. The van der Waals surface area contributed by atoms with Crippen molar-refractivity contribution < 1.29 is 13.2 Å². The van der Waals surface area contributed by atoms with Gasteiger partial charge in [0, 0.05) is 18.8 Å². The zero-order chi connectivity index (χ0) is 21.3. The fraction of sp³-hybridized carbons (Fsp3) is 0.333. The van der Waals surface area contributed by atoms with E-state index < -0.39 is 10.0 Å². The van der Waals surface area contributed by atoms with E-state index >= 15 is 0 Å². The first-order chi connectivity index (χ1) is 14.4. The van der Waals surface area contributed by atoms with E-state index in [1.807, 2.05) is 23.1 Å². The van der Waals surface area contributed by atoms with Crippen LogP contribution in [0.25, 0.3) is 11.0 Å². The molecule has 0 spiro atoms. The summed E-state index contributed by atoms with van der Waals surface area (Å²) in [6, 6.07) is 12.7. The van der Waals surface area contributed by atoms with E-state index in [-0.39, 0.29) is 16.6 Å². The Labute approximate surface area is 180 Å². The molecule has 0 aliphatic carbocycles. The number of carbonyl (C=O) groups excluding carboxylic acids is 1. The van der Waals surface area contributed by atoms with Gasteiger partial charge in [0.25, 0.3) is 0 Å². The Kier molecular flexibility index (Phi) is 5.86. The lowest BCUT2D eigenvalue weighted by Gasteiger charge is -2.17. The fourth-order valence-corrected chi connectivity index (χ4v) is 5.16. The summed E-state index contributed by atoms with van der Waals surface area (Å²) < 4.78 is 25.4. The Morgan fingerprint density at radius 1 is 1.23 bits per heavy atom. The monoisotopic (exact) mass is 444 g/mol. The van der Waals surface area contributed by atoms with Crippen molar-refractivity contribution >= 4 is 44.4 Å². The normalized spacial score (nSPS) is 13.7. The van der Waals surface area contributed by atoms with Gasteiger partial charge in [-0.2, -0.15) is 0 Å². The standard InChI is InChI=1S/C21H24N4O3S2/c1-2-3-11-25-19-9-8-16(30(22,27)28)13-17(19)23-21(25)29-14-20(26)24-12-10-15-6-4-5-7-18(15)24/h4-9,13H,2-3,10-12,14H2,1H3,(H2,22,27,28). The first-order valence-electron chi connectivity index (χ1n) is 9.92. The summed E-state index contributed by atoms with van der Waals surface area (Å²) in [6.45, 7) is 3.56. The van der Waals surface area contributed by atoms with Gasteiger partial charge in [0.1, 0.15) is 0 Å². The highest BCUT2D eigenvalue weighted by molar-refractivity contribution is 7.99. The number of para-hydroxylation sites is 1. The second kappa shape index (κ2) is 8.41. The Morgan fingerprint density at radius 3 is 2.80 bits per heavy atom. The number of aromatic nitrogens is 2. The molecule has 3 aromatic rings. The van der Waals surface area contributed by atoms with Crippen molar-refractivity contribution in [1.29, 1.82) is 0 Å². The van der Waals surface area contributed by atoms with Crippen molar-refractivity contribution in [2.24, 2.45) is 5.14 Å². The Hall–Kier alpha value is -2.36. The Morgan fingerprint density at radius 2 is 2.03 bits per heavy atom. The number of benzene rings is 2. The minimum absolute atomic E-state index is 0.0384. The van der Waals surface area contributed by atoms with Crippen LogP contribution in [0.3, 0.4) is 0 Å². The third kappa shape index (κ3) is 4.10. The van der Waals surface area contributed by atoms with E-state index in [0.29, 0.717) is 17.2 Å². The first kappa shape index (κ1) is 20.9. The van der Waals surface area contributed by atoms with Crippen LogP contribution in [0.2, 0.25) is 0 Å². The molecule has 2 heterocycles. The first-order valence-corrected chi connectivity index (χ1v) is 12.5. The number of aryl methyl sites for hydroxylation is 1. The number of carbonyl (C=O) groups is 1. The fourth-order valence-electron chi connectivity index (χ4n) is 3.71. The number of primary sulfonamides is 1. The Balaban J connectivity index is 1.59. The van der Waals surface area contributed by atoms with Crippen LogP contribution >= 0.6 is 11.8 Å². The van der Waals surface area contributed by atoms with Gasteiger partial charge in [-0.25, -0.2) is 18.5 Å². The Bertz CT molecular complexity index is 1200. The average molecular weight is 445 g/mol. The number of amides is 1. The highest BCUT2D eigenvalue weighted by atomic mass is 32.2. The molecule has 0 unspecified atom stereocenters. The van der Waals surface area contributed by atoms with Crippen molar-refractivity contribution in [3.05, 3.63) is 48.0 Å². The predicted octanol–water partition coefficient (Wildman–Crippen LogP) is 3.17. The third-order valence-electron chi connectivity index (χ3n) is 5.26. The van der Waals surface area contributed by atoms with Crippen LogP contribution in [0.15, 0.2) is 52.5 Å². The van der Waals surface area contributed by atoms with Crippen molar-refractivity contribution in [3.8, 4) is 0 Å². The van der Waals surface area contributed by atoms with Gasteiger partial charge in [0.2, 0.25) is 15.9 Å². The topological polar surface area (TPSA) is 98.3 Å². The highest BCUT2D eigenvalue weighted by Crippen LogP contribution is 2.30. The van der Waals surface area contributed by atoms with E-state index in [0.717, 1.165) is 37.0 Å². The number of thioether (sulfide) groups is 1. The minimum atomic E-state index is -3.80. The third-order valence-corrected chi connectivity index (χ3v) is 7.13. The number of hydrogen-bond acceptors (Lipinski definition) is 5. The molecule has 158 valence electrons. The second-order valence-corrected chi connectivity index (χ2v) is 9.81. The predicted molar refractivity (Wildman–Crippen MR) is 119 cm³/mol. The summed E-state index contributed by atoms with van der Waals surface area (Å²) in [7, 11) is -3.80. The molecule has 1 aliphatic heterocycles. The molecule has 0 bridgehead atoms. The number of sulfonamides is 1. The van der Waals surface area contributed by atoms with Crippen LogP contribution in [-0.4, -0.2) is 36.2 Å². The van der Waals surface area contributed by atoms with E-state index in [1.165, 1.54) is 29.5 Å². The lowest BCUT2D eigenvalue weighted by molar-refractivity contribution is -0.116. The van der Waals surface area contributed by atoms with Gasteiger partial charge in [-0.05, 0) is 42.7 Å². The number of nitrogens with zero attached hydrogens (tertiary/aromatic N) is 3. The zero-order valence-electron chi connectivity index (χ0n) is 16.7. The quantitative estimate of drug-likeness (QED) is 0.565. The summed E-state index contributed by atoms with van der Waals surface area (Å²) in [6.07, 6.45) is 2.85. The summed E-state index contributed by atoms with van der Waals surface area (Å²) >= 11 is 1.39. The molecular weight excluding hydrogens is 420 g/mol. The van der Waals surface area contributed by atoms with Gasteiger partial charge in [-0.3, -0.25) is 4.79 Å². The number of imidazole rings is 1. The number of fused-ring (bicyclic) bond motifs is 2. The van der Waals surface area contributed by atoms with Gasteiger partial charge in [-0.15, -0.1) is 0 Å². The molecule has 0 fully saturated rings. The summed E-state index contributed by atoms with van der Waals surface area (Å²) in [4.78, 5) is 19.4. The van der Waals surface area contributed by atoms with E-state index in [4.69, 9.17) is 5.14 Å². The summed E-state index contributed by atoms with van der Waals surface area (Å²) in [5.74, 6) is 0.315. The van der Waals surface area contributed by atoms with Crippen LogP contribution in [0, 0.1) is 0 Å². The van der Waals surface area contributed by atoms with E-state index in [9.17, 15) is 13.2 Å². The molecule has 9 heteroatoms. The number of rotatable bonds is 7. The summed E-state index contributed by atoms with van der Waals surface area (Å²) in [5.41, 5.74) is 3.60. The molecule has 1 aromatic heterocycles. The van der Waals surface area contributed by atoms with Gasteiger partial charge in [0.15, 0.2) is 5.16 Å². The molecule has 1 amide bonds. The van der Waals surface area contributed by atoms with Crippen molar-refractivity contribution in [1.82, 2.24) is 9.55 Å². The van der Waals surface area contributed by atoms with Crippen molar-refractivity contribution in [2.45, 2.75) is 42.8 Å². The van der Waals surface area contributed by atoms with E-state index in [1.54, 1.807) is 6.07 Å². The van der Waals surface area contributed by atoms with Gasteiger partial charge >= 0.3 is 0 Å². The molecule has 0 saturated carbocycles. The van der Waals surface area contributed by atoms with Gasteiger partial charge in [0.05, 0.1) is 21.7 Å². The lowest BCUT2D eigenvalue weighted by atomic mass is 10.2. The minimum Gasteiger partial charge on any atom is -0.319 e. The van der Waals surface area contributed by atoms with Crippen molar-refractivity contribution in [3.63, 3.8) is 0 Å².